The molecule has 0 radical (unpaired) electrons. The van der Waals surface area contributed by atoms with E-state index in [-0.39, 0.29) is 0 Å². The van der Waals surface area contributed by atoms with Crippen LogP contribution in [0.25, 0.3) is 0 Å². The van der Waals surface area contributed by atoms with Gasteiger partial charge in [0.2, 0.25) is 0 Å². The Labute approximate surface area is 154 Å². The minimum Gasteiger partial charge on any atom is -0.316 e. The maximum absolute atomic E-state index is 3.78. The molecular formula is C23H49N. The molecule has 0 rings (SSSR count). The van der Waals surface area contributed by atoms with Crippen molar-refractivity contribution in [1.82, 2.24) is 5.32 Å². The lowest BCUT2D eigenvalue weighted by molar-refractivity contribution is 0.243. The topological polar surface area (TPSA) is 12.0 Å². The number of rotatable bonds is 15. The predicted octanol–water partition coefficient (Wildman–Crippen LogP) is 7.16. The molecule has 0 aliphatic heterocycles. The smallest absolute Gasteiger partial charge is 0.00179 e. The summed E-state index contributed by atoms with van der Waals surface area (Å²) in [5.74, 6) is 5.13. The lowest BCUT2D eigenvalue weighted by atomic mass is 9.80. The fourth-order valence-corrected chi connectivity index (χ4v) is 3.83. The molecule has 6 unspecified atom stereocenters. The van der Waals surface area contributed by atoms with E-state index >= 15 is 0 Å². The summed E-state index contributed by atoms with van der Waals surface area (Å²) in [5, 5.41) is 3.78. The third-order valence-corrected chi connectivity index (χ3v) is 6.56. The lowest BCUT2D eigenvalue weighted by Crippen LogP contribution is -2.30. The second-order valence-electron chi connectivity index (χ2n) is 8.98. The molecule has 0 aromatic heterocycles. The van der Waals surface area contributed by atoms with Crippen molar-refractivity contribution in [2.45, 2.75) is 100 Å². The summed E-state index contributed by atoms with van der Waals surface area (Å²) in [6.45, 7) is 21.6. The van der Waals surface area contributed by atoms with Gasteiger partial charge in [-0.15, -0.1) is 0 Å². The van der Waals surface area contributed by atoms with Gasteiger partial charge in [0.05, 0.1) is 0 Å². The third kappa shape index (κ3) is 10.7. The minimum atomic E-state index is 0.821. The first kappa shape index (κ1) is 24.0. The van der Waals surface area contributed by atoms with Crippen LogP contribution >= 0.6 is 0 Å². The Morgan fingerprint density at radius 2 is 1.29 bits per heavy atom. The molecule has 0 aliphatic carbocycles. The Morgan fingerprint density at radius 3 is 1.83 bits per heavy atom. The van der Waals surface area contributed by atoms with Crippen LogP contribution in [-0.4, -0.2) is 13.1 Å². The van der Waals surface area contributed by atoms with Gasteiger partial charge in [0, 0.05) is 0 Å². The maximum Gasteiger partial charge on any atom is -0.00179 e. The zero-order valence-corrected chi connectivity index (χ0v) is 18.3. The Morgan fingerprint density at radius 1 is 0.625 bits per heavy atom. The van der Waals surface area contributed by atoms with Crippen molar-refractivity contribution in [2.24, 2.45) is 35.5 Å². The van der Waals surface area contributed by atoms with Gasteiger partial charge < -0.3 is 5.32 Å². The summed E-state index contributed by atoms with van der Waals surface area (Å²) in [5.41, 5.74) is 0. The van der Waals surface area contributed by atoms with Gasteiger partial charge in [-0.3, -0.25) is 0 Å². The van der Waals surface area contributed by atoms with Crippen LogP contribution in [0.4, 0.5) is 0 Å². The molecule has 146 valence electrons. The third-order valence-electron chi connectivity index (χ3n) is 6.56. The average Bonchev–Trinajstić information content (AvgIpc) is 2.56. The van der Waals surface area contributed by atoms with E-state index < -0.39 is 0 Å². The van der Waals surface area contributed by atoms with E-state index in [0.717, 1.165) is 35.5 Å². The fraction of sp³-hybridized carbons (Fsp3) is 1.00. The van der Waals surface area contributed by atoms with Crippen LogP contribution in [0, 0.1) is 35.5 Å². The molecule has 1 nitrogen and oxygen atoms in total. The molecule has 0 fully saturated rings. The molecule has 0 aromatic carbocycles. The van der Waals surface area contributed by atoms with Gasteiger partial charge in [0.25, 0.3) is 0 Å². The normalized spacial score (nSPS) is 19.5. The van der Waals surface area contributed by atoms with Crippen LogP contribution in [-0.2, 0) is 0 Å². The second kappa shape index (κ2) is 14.2. The van der Waals surface area contributed by atoms with Crippen molar-refractivity contribution in [2.75, 3.05) is 13.1 Å². The highest BCUT2D eigenvalue weighted by atomic mass is 14.9. The highest BCUT2D eigenvalue weighted by Crippen LogP contribution is 2.29. The molecule has 1 N–H and O–H groups in total. The van der Waals surface area contributed by atoms with E-state index in [1.54, 1.807) is 0 Å². The lowest BCUT2D eigenvalue weighted by Gasteiger charge is -2.28. The molecule has 1 heteroatoms. The monoisotopic (exact) mass is 339 g/mol. The molecule has 0 aliphatic rings. The predicted molar refractivity (Wildman–Crippen MR) is 112 cm³/mol. The highest BCUT2D eigenvalue weighted by molar-refractivity contribution is 4.73. The fourth-order valence-electron chi connectivity index (χ4n) is 3.83. The van der Waals surface area contributed by atoms with E-state index in [1.807, 2.05) is 0 Å². The summed E-state index contributed by atoms with van der Waals surface area (Å²) >= 11 is 0. The van der Waals surface area contributed by atoms with Gasteiger partial charge in [0.1, 0.15) is 0 Å². The molecular weight excluding hydrogens is 290 g/mol. The molecule has 0 saturated carbocycles. The number of hydrogen-bond donors (Lipinski definition) is 1. The molecule has 0 aromatic rings. The van der Waals surface area contributed by atoms with Gasteiger partial charge in [-0.2, -0.15) is 0 Å². The van der Waals surface area contributed by atoms with Crippen molar-refractivity contribution < 1.29 is 0 Å². The van der Waals surface area contributed by atoms with E-state index in [1.165, 1.54) is 58.0 Å². The summed E-state index contributed by atoms with van der Waals surface area (Å²) in [7, 11) is 0. The molecule has 0 bridgehead atoms. The van der Waals surface area contributed by atoms with E-state index in [4.69, 9.17) is 0 Å². The van der Waals surface area contributed by atoms with Gasteiger partial charge in [-0.25, -0.2) is 0 Å². The van der Waals surface area contributed by atoms with Crippen LogP contribution in [0.5, 0.6) is 0 Å². The van der Waals surface area contributed by atoms with Gasteiger partial charge in [0.15, 0.2) is 0 Å². The SMILES string of the molecule is CCCC(C)CNCC(CCC(C)C(C)CC(C)CC)C(C)CC. The molecule has 6 atom stereocenters. The van der Waals surface area contributed by atoms with Crippen molar-refractivity contribution in [3.63, 3.8) is 0 Å². The van der Waals surface area contributed by atoms with Crippen LogP contribution < -0.4 is 5.32 Å². The largest absolute Gasteiger partial charge is 0.316 e. The first-order valence-corrected chi connectivity index (χ1v) is 11.1. The minimum absolute atomic E-state index is 0.821. The molecule has 24 heavy (non-hydrogen) atoms. The van der Waals surface area contributed by atoms with Gasteiger partial charge in [-0.05, 0) is 67.9 Å². The second-order valence-corrected chi connectivity index (χ2v) is 8.98. The number of nitrogens with one attached hydrogen (secondary N) is 1. The molecule has 0 heterocycles. The first-order valence-electron chi connectivity index (χ1n) is 11.1. The van der Waals surface area contributed by atoms with Gasteiger partial charge in [-0.1, -0.05) is 81.1 Å². The average molecular weight is 340 g/mol. The summed E-state index contributed by atoms with van der Waals surface area (Å²) in [6, 6.07) is 0. The van der Waals surface area contributed by atoms with Crippen LogP contribution in [0.2, 0.25) is 0 Å². The molecule has 0 saturated heterocycles. The Hall–Kier alpha value is -0.0400. The maximum atomic E-state index is 3.78. The summed E-state index contributed by atoms with van der Waals surface area (Å²) < 4.78 is 0. The Balaban J connectivity index is 4.27. The zero-order valence-electron chi connectivity index (χ0n) is 18.3. The van der Waals surface area contributed by atoms with Crippen molar-refractivity contribution in [3.8, 4) is 0 Å². The van der Waals surface area contributed by atoms with E-state index in [2.05, 4.69) is 60.7 Å². The zero-order chi connectivity index (χ0) is 18.5. The van der Waals surface area contributed by atoms with Crippen LogP contribution in [0.1, 0.15) is 100 Å². The van der Waals surface area contributed by atoms with Crippen LogP contribution in [0.15, 0.2) is 0 Å². The first-order chi connectivity index (χ1) is 11.3. The highest BCUT2D eigenvalue weighted by Gasteiger charge is 2.20. The molecule has 0 spiro atoms. The van der Waals surface area contributed by atoms with Crippen molar-refractivity contribution >= 4 is 0 Å². The quantitative estimate of drug-likeness (QED) is 0.333. The van der Waals surface area contributed by atoms with E-state index in [9.17, 15) is 0 Å². The van der Waals surface area contributed by atoms with Crippen molar-refractivity contribution in [1.29, 1.82) is 0 Å². The van der Waals surface area contributed by atoms with Gasteiger partial charge >= 0.3 is 0 Å². The Kier molecular flexibility index (Phi) is 14.1. The summed E-state index contributed by atoms with van der Waals surface area (Å²) in [6.07, 6.45) is 9.50. The molecule has 0 amide bonds. The van der Waals surface area contributed by atoms with Crippen molar-refractivity contribution in [3.05, 3.63) is 0 Å². The Bertz CT molecular complexity index is 275. The van der Waals surface area contributed by atoms with Crippen LogP contribution in [0.3, 0.4) is 0 Å². The number of hydrogen-bond acceptors (Lipinski definition) is 1. The standard InChI is InChI=1S/C23H49N/c1-9-12-19(5)16-24-17-23(20(6)11-3)14-13-21(7)22(8)15-18(4)10-2/h18-24H,9-17H2,1-8H3. The van der Waals surface area contributed by atoms with E-state index in [0.29, 0.717) is 0 Å². The summed E-state index contributed by atoms with van der Waals surface area (Å²) in [4.78, 5) is 0.